The van der Waals surface area contributed by atoms with Gasteiger partial charge in [-0.3, -0.25) is 14.9 Å². The molecule has 1 N–H and O–H groups in total. The van der Waals surface area contributed by atoms with Crippen LogP contribution in [-0.4, -0.2) is 39.9 Å². The molecule has 3 aromatic heterocycles. The van der Waals surface area contributed by atoms with Crippen LogP contribution in [0.3, 0.4) is 0 Å². The highest BCUT2D eigenvalue weighted by Crippen LogP contribution is 2.27. The number of benzene rings is 1. The molecule has 0 aliphatic carbocycles. The second-order valence-corrected chi connectivity index (χ2v) is 8.02. The lowest BCUT2D eigenvalue weighted by Crippen LogP contribution is -2.11. The van der Waals surface area contributed by atoms with Crippen LogP contribution in [0.5, 0.6) is 5.75 Å². The number of rotatable bonds is 8. The first kappa shape index (κ1) is 19.9. The summed E-state index contributed by atoms with van der Waals surface area (Å²) in [6, 6.07) is 11.8. The van der Waals surface area contributed by atoms with Crippen LogP contribution < -0.4 is 10.1 Å². The van der Waals surface area contributed by atoms with Crippen molar-refractivity contribution in [1.82, 2.24) is 15.4 Å². The third-order valence-electron chi connectivity index (χ3n) is 3.87. The van der Waals surface area contributed by atoms with E-state index in [1.807, 2.05) is 0 Å². The number of aromatic nitrogens is 3. The highest BCUT2D eigenvalue weighted by Gasteiger charge is 2.17. The Hall–Kier alpha value is -3.44. The zero-order valence-electron chi connectivity index (χ0n) is 15.5. The molecule has 0 aliphatic heterocycles. The number of carbonyl (C=O) groups is 2. The number of amides is 1. The largest absolute Gasteiger partial charge is 0.497 e. The molecule has 0 spiro atoms. The van der Waals surface area contributed by atoms with E-state index < -0.39 is 5.91 Å². The predicted molar refractivity (Wildman–Crippen MR) is 110 cm³/mol. The molecular weight excluding hydrogens is 428 g/mol. The van der Waals surface area contributed by atoms with Crippen molar-refractivity contribution in [1.29, 1.82) is 0 Å². The summed E-state index contributed by atoms with van der Waals surface area (Å²) in [6.45, 7) is 0. The van der Waals surface area contributed by atoms with Gasteiger partial charge in [-0.15, -0.1) is 10.2 Å². The van der Waals surface area contributed by atoms with Gasteiger partial charge in [0.25, 0.3) is 5.91 Å². The van der Waals surface area contributed by atoms with Gasteiger partial charge in [0, 0.05) is 11.6 Å². The topological polar surface area (TPSA) is 120 Å². The number of nitrogens with one attached hydrogen (secondary N) is 1. The van der Waals surface area contributed by atoms with E-state index in [0.717, 1.165) is 11.3 Å². The number of anilines is 1. The highest BCUT2D eigenvalue weighted by molar-refractivity contribution is 8.01. The van der Waals surface area contributed by atoms with Crippen molar-refractivity contribution in [3.8, 4) is 17.3 Å². The zero-order valence-corrected chi connectivity index (χ0v) is 17.2. The summed E-state index contributed by atoms with van der Waals surface area (Å²) in [5.41, 5.74) is 0.667. The Morgan fingerprint density at radius 2 is 2.00 bits per heavy atom. The van der Waals surface area contributed by atoms with Crippen LogP contribution in [0.15, 0.2) is 62.0 Å². The van der Waals surface area contributed by atoms with Crippen molar-refractivity contribution < 1.29 is 23.3 Å². The SMILES string of the molecule is COc1ccc(C(=O)CSc2nnc(NC(=O)c3cc(-c4ccco4)on3)s2)cc1. The molecule has 0 unspecified atom stereocenters. The molecule has 4 rings (SSSR count). The minimum absolute atomic E-state index is 0.0449. The van der Waals surface area contributed by atoms with E-state index in [4.69, 9.17) is 13.7 Å². The monoisotopic (exact) mass is 442 g/mol. The van der Waals surface area contributed by atoms with Crippen LogP contribution in [0, 0.1) is 0 Å². The minimum Gasteiger partial charge on any atom is -0.497 e. The van der Waals surface area contributed by atoms with Gasteiger partial charge in [-0.2, -0.15) is 0 Å². The summed E-state index contributed by atoms with van der Waals surface area (Å²) in [4.78, 5) is 24.6. The Kier molecular flexibility index (Phi) is 5.91. The number of ketones is 1. The standard InChI is InChI=1S/C19H14N4O5S2/c1-26-12-6-4-11(5-7-12)14(24)10-29-19-22-21-18(30-19)20-17(25)13-9-16(28-23-13)15-3-2-8-27-15/h2-9H,10H2,1H3,(H,20,21,25). The van der Waals surface area contributed by atoms with Gasteiger partial charge in [-0.1, -0.05) is 28.3 Å². The first-order valence-corrected chi connectivity index (χ1v) is 10.4. The van der Waals surface area contributed by atoms with Crippen molar-refractivity contribution in [2.24, 2.45) is 0 Å². The van der Waals surface area contributed by atoms with E-state index >= 15 is 0 Å². The van der Waals surface area contributed by atoms with E-state index in [1.165, 1.54) is 24.1 Å². The average Bonchev–Trinajstić information content (AvgIpc) is 3.53. The third kappa shape index (κ3) is 4.58. The van der Waals surface area contributed by atoms with Crippen LogP contribution in [0.2, 0.25) is 0 Å². The van der Waals surface area contributed by atoms with E-state index in [2.05, 4.69) is 20.7 Å². The Morgan fingerprint density at radius 1 is 1.17 bits per heavy atom. The van der Waals surface area contributed by atoms with E-state index in [0.29, 0.717) is 32.3 Å². The number of thioether (sulfide) groups is 1. The molecule has 1 amide bonds. The van der Waals surface area contributed by atoms with Crippen LogP contribution in [0.25, 0.3) is 11.5 Å². The molecule has 152 valence electrons. The Bertz CT molecular complexity index is 1150. The lowest BCUT2D eigenvalue weighted by Gasteiger charge is -2.01. The number of methoxy groups -OCH3 is 1. The number of furan rings is 1. The van der Waals surface area contributed by atoms with Gasteiger partial charge in [0.15, 0.2) is 21.6 Å². The normalized spacial score (nSPS) is 10.7. The van der Waals surface area contributed by atoms with Gasteiger partial charge in [-0.25, -0.2) is 0 Å². The fourth-order valence-corrected chi connectivity index (χ4v) is 4.03. The molecule has 0 bridgehead atoms. The smallest absolute Gasteiger partial charge is 0.279 e. The number of hydrogen-bond acceptors (Lipinski definition) is 10. The summed E-state index contributed by atoms with van der Waals surface area (Å²) in [5, 5.41) is 14.5. The van der Waals surface area contributed by atoms with Gasteiger partial charge < -0.3 is 13.7 Å². The van der Waals surface area contributed by atoms with Crippen LogP contribution in [0.4, 0.5) is 5.13 Å². The maximum Gasteiger partial charge on any atom is 0.279 e. The third-order valence-corrected chi connectivity index (χ3v) is 5.84. The number of nitrogens with zero attached hydrogens (tertiary/aromatic N) is 3. The Labute approximate surface area is 178 Å². The molecular formula is C19H14N4O5S2. The lowest BCUT2D eigenvalue weighted by molar-refractivity contribution is 0.101. The van der Waals surface area contributed by atoms with Crippen molar-refractivity contribution in [3.05, 3.63) is 60.0 Å². The highest BCUT2D eigenvalue weighted by atomic mass is 32.2. The molecule has 0 saturated carbocycles. The lowest BCUT2D eigenvalue weighted by atomic mass is 10.1. The first-order valence-electron chi connectivity index (χ1n) is 8.58. The van der Waals surface area contributed by atoms with Crippen molar-refractivity contribution in [2.45, 2.75) is 4.34 Å². The molecule has 0 atom stereocenters. The summed E-state index contributed by atoms with van der Waals surface area (Å²) >= 11 is 2.41. The van der Waals surface area contributed by atoms with Gasteiger partial charge in [0.1, 0.15) is 5.75 Å². The second-order valence-electron chi connectivity index (χ2n) is 5.82. The molecule has 1 aromatic carbocycles. The van der Waals surface area contributed by atoms with Crippen molar-refractivity contribution >= 4 is 39.9 Å². The van der Waals surface area contributed by atoms with E-state index in [-0.39, 0.29) is 17.2 Å². The zero-order chi connectivity index (χ0) is 20.9. The maximum atomic E-state index is 12.3. The molecule has 0 saturated heterocycles. The van der Waals surface area contributed by atoms with Gasteiger partial charge in [0.2, 0.25) is 10.9 Å². The summed E-state index contributed by atoms with van der Waals surface area (Å²) in [6.07, 6.45) is 1.50. The average molecular weight is 442 g/mol. The summed E-state index contributed by atoms with van der Waals surface area (Å²) < 4.78 is 16.0. The molecule has 4 aromatic rings. The summed E-state index contributed by atoms with van der Waals surface area (Å²) in [5.74, 6) is 1.17. The van der Waals surface area contributed by atoms with Gasteiger partial charge >= 0.3 is 0 Å². The molecule has 0 radical (unpaired) electrons. The molecule has 30 heavy (non-hydrogen) atoms. The number of Topliss-reactive ketones (excluding diaryl/α,β-unsaturated/α-hetero) is 1. The Balaban J connectivity index is 1.32. The minimum atomic E-state index is -0.487. The predicted octanol–water partition coefficient (Wildman–Crippen LogP) is 4.02. The first-order chi connectivity index (χ1) is 14.6. The molecule has 0 aliphatic rings. The Morgan fingerprint density at radius 3 is 2.73 bits per heavy atom. The van der Waals surface area contributed by atoms with Crippen molar-refractivity contribution in [3.63, 3.8) is 0 Å². The fourth-order valence-electron chi connectivity index (χ4n) is 2.38. The van der Waals surface area contributed by atoms with Crippen LogP contribution in [-0.2, 0) is 0 Å². The van der Waals surface area contributed by atoms with E-state index in [1.54, 1.807) is 43.5 Å². The number of carbonyl (C=O) groups excluding carboxylic acids is 2. The molecule has 11 heteroatoms. The summed E-state index contributed by atoms with van der Waals surface area (Å²) in [7, 11) is 1.57. The maximum absolute atomic E-state index is 12.3. The quantitative estimate of drug-likeness (QED) is 0.245. The van der Waals surface area contributed by atoms with Crippen LogP contribution in [0.1, 0.15) is 20.8 Å². The van der Waals surface area contributed by atoms with Crippen molar-refractivity contribution in [2.75, 3.05) is 18.2 Å². The number of ether oxygens (including phenoxy) is 1. The molecule has 0 fully saturated rings. The number of hydrogen-bond donors (Lipinski definition) is 1. The van der Waals surface area contributed by atoms with Gasteiger partial charge in [0.05, 0.1) is 19.1 Å². The molecule has 9 nitrogen and oxygen atoms in total. The second kappa shape index (κ2) is 8.93. The fraction of sp³-hybridized carbons (Fsp3) is 0.105. The van der Waals surface area contributed by atoms with E-state index in [9.17, 15) is 9.59 Å². The van der Waals surface area contributed by atoms with Crippen LogP contribution >= 0.6 is 23.1 Å². The molecule has 3 heterocycles. The van der Waals surface area contributed by atoms with Gasteiger partial charge in [-0.05, 0) is 36.4 Å².